The number of imide groups is 1. The first-order valence-corrected chi connectivity index (χ1v) is 7.11. The first-order chi connectivity index (χ1) is 9.13. The average Bonchev–Trinajstić information content (AvgIpc) is 2.99. The van der Waals surface area contributed by atoms with E-state index in [9.17, 15) is 9.59 Å². The molecule has 1 aliphatic carbocycles. The van der Waals surface area contributed by atoms with Crippen LogP contribution in [0.4, 0.5) is 0 Å². The first kappa shape index (κ1) is 11.2. The summed E-state index contributed by atoms with van der Waals surface area (Å²) in [6.07, 6.45) is 0.170. The fourth-order valence-electron chi connectivity index (χ4n) is 3.10. The standard InChI is InChI=1S/C14H8ClNO2S/c15-7-1-2-8-10(5-7)14(6-11(17)16-13(14)18)9-3-4-19-12(8)9/h1-5H,6H2,(H,16,17,18). The molecular weight excluding hydrogens is 282 g/mol. The third kappa shape index (κ3) is 1.23. The molecule has 1 N–H and O–H groups in total. The van der Waals surface area contributed by atoms with Crippen LogP contribution >= 0.6 is 22.9 Å². The maximum atomic E-state index is 12.4. The highest BCUT2D eigenvalue weighted by atomic mass is 35.5. The molecule has 1 fully saturated rings. The van der Waals surface area contributed by atoms with Crippen LogP contribution in [0.5, 0.6) is 0 Å². The molecule has 2 heterocycles. The molecule has 1 unspecified atom stereocenters. The Hall–Kier alpha value is -1.65. The van der Waals surface area contributed by atoms with Gasteiger partial charge in [-0.25, -0.2) is 0 Å². The molecule has 1 saturated heterocycles. The fraction of sp³-hybridized carbons (Fsp3) is 0.143. The molecule has 1 aliphatic heterocycles. The molecule has 1 aromatic carbocycles. The lowest BCUT2D eigenvalue weighted by atomic mass is 9.77. The zero-order valence-corrected chi connectivity index (χ0v) is 11.3. The second-order valence-corrected chi connectivity index (χ2v) is 6.17. The normalized spacial score (nSPS) is 23.6. The Balaban J connectivity index is 2.11. The third-order valence-corrected chi connectivity index (χ3v) is 5.06. The van der Waals surface area contributed by atoms with E-state index in [1.54, 1.807) is 11.3 Å². The molecule has 3 nitrogen and oxygen atoms in total. The van der Waals surface area contributed by atoms with E-state index in [0.29, 0.717) is 5.02 Å². The molecule has 94 valence electrons. The molecule has 1 aromatic heterocycles. The van der Waals surface area contributed by atoms with Gasteiger partial charge in [0.25, 0.3) is 0 Å². The highest BCUT2D eigenvalue weighted by molar-refractivity contribution is 7.14. The number of thiophene rings is 1. The Labute approximate surface area is 118 Å². The number of rotatable bonds is 0. The van der Waals surface area contributed by atoms with Crippen molar-refractivity contribution in [2.45, 2.75) is 11.8 Å². The van der Waals surface area contributed by atoms with Crippen LogP contribution in [0.2, 0.25) is 5.02 Å². The van der Waals surface area contributed by atoms with Crippen LogP contribution in [0.25, 0.3) is 10.4 Å². The number of fused-ring (bicyclic) bond motifs is 5. The molecular formula is C14H8ClNO2S. The van der Waals surface area contributed by atoms with E-state index in [4.69, 9.17) is 11.6 Å². The van der Waals surface area contributed by atoms with Gasteiger partial charge in [0.15, 0.2) is 0 Å². The summed E-state index contributed by atoms with van der Waals surface area (Å²) in [6.45, 7) is 0. The molecule has 0 saturated carbocycles. The Bertz CT molecular complexity index is 752. The van der Waals surface area contributed by atoms with E-state index in [-0.39, 0.29) is 18.2 Å². The van der Waals surface area contributed by atoms with Crippen LogP contribution < -0.4 is 5.32 Å². The summed E-state index contributed by atoms with van der Waals surface area (Å²) in [5.41, 5.74) is 1.93. The lowest BCUT2D eigenvalue weighted by Crippen LogP contribution is -2.34. The van der Waals surface area contributed by atoms with E-state index >= 15 is 0 Å². The summed E-state index contributed by atoms with van der Waals surface area (Å²) in [7, 11) is 0. The summed E-state index contributed by atoms with van der Waals surface area (Å²) in [5.74, 6) is -0.465. The SMILES string of the molecule is O=C1CC2(C(=O)N1)c1cc(Cl)ccc1-c1sccc12. The predicted molar refractivity (Wildman–Crippen MR) is 73.3 cm³/mol. The second kappa shape index (κ2) is 3.46. The van der Waals surface area contributed by atoms with Gasteiger partial charge in [-0.3, -0.25) is 14.9 Å². The predicted octanol–water partition coefficient (Wildman–Crippen LogP) is 2.71. The number of halogens is 1. The quantitative estimate of drug-likeness (QED) is 0.758. The summed E-state index contributed by atoms with van der Waals surface area (Å²) in [6, 6.07) is 7.49. The van der Waals surface area contributed by atoms with Gasteiger partial charge in [0.2, 0.25) is 11.8 Å². The van der Waals surface area contributed by atoms with Crippen molar-refractivity contribution in [3.05, 3.63) is 45.8 Å². The Morgan fingerprint density at radius 2 is 2.05 bits per heavy atom. The Morgan fingerprint density at radius 1 is 1.21 bits per heavy atom. The topological polar surface area (TPSA) is 46.2 Å². The molecule has 4 rings (SSSR count). The number of carbonyl (C=O) groups is 2. The second-order valence-electron chi connectivity index (χ2n) is 4.81. The number of amides is 2. The van der Waals surface area contributed by atoms with Crippen LogP contribution in [0.15, 0.2) is 29.6 Å². The minimum absolute atomic E-state index is 0.170. The lowest BCUT2D eigenvalue weighted by molar-refractivity contribution is -0.125. The van der Waals surface area contributed by atoms with Gasteiger partial charge in [-0.1, -0.05) is 17.7 Å². The molecule has 1 spiro atoms. The molecule has 2 aliphatic rings. The van der Waals surface area contributed by atoms with Crippen molar-refractivity contribution in [3.63, 3.8) is 0 Å². The zero-order chi connectivity index (χ0) is 13.2. The van der Waals surface area contributed by atoms with Crippen LogP contribution in [0.1, 0.15) is 17.5 Å². The lowest BCUT2D eigenvalue weighted by Gasteiger charge is -2.21. The number of hydrogen-bond donors (Lipinski definition) is 1. The highest BCUT2D eigenvalue weighted by Gasteiger charge is 2.55. The van der Waals surface area contributed by atoms with Crippen LogP contribution in [0.3, 0.4) is 0 Å². The van der Waals surface area contributed by atoms with E-state index in [2.05, 4.69) is 5.32 Å². The van der Waals surface area contributed by atoms with Crippen LogP contribution in [0, 0.1) is 0 Å². The maximum Gasteiger partial charge on any atom is 0.242 e. The summed E-state index contributed by atoms with van der Waals surface area (Å²) < 4.78 is 0. The summed E-state index contributed by atoms with van der Waals surface area (Å²) >= 11 is 7.66. The molecule has 0 bridgehead atoms. The van der Waals surface area contributed by atoms with E-state index in [1.807, 2.05) is 29.6 Å². The first-order valence-electron chi connectivity index (χ1n) is 5.85. The van der Waals surface area contributed by atoms with Crippen LogP contribution in [-0.4, -0.2) is 11.8 Å². The average molecular weight is 290 g/mol. The largest absolute Gasteiger partial charge is 0.295 e. The van der Waals surface area contributed by atoms with Crippen molar-refractivity contribution < 1.29 is 9.59 Å². The van der Waals surface area contributed by atoms with Crippen molar-refractivity contribution >= 4 is 34.8 Å². The minimum Gasteiger partial charge on any atom is -0.295 e. The fourth-order valence-corrected chi connectivity index (χ4v) is 4.29. The van der Waals surface area contributed by atoms with Crippen molar-refractivity contribution in [1.29, 1.82) is 0 Å². The van der Waals surface area contributed by atoms with Crippen molar-refractivity contribution in [2.75, 3.05) is 0 Å². The summed E-state index contributed by atoms with van der Waals surface area (Å²) in [5, 5.41) is 4.97. The van der Waals surface area contributed by atoms with Gasteiger partial charge in [-0.15, -0.1) is 11.3 Å². The van der Waals surface area contributed by atoms with E-state index in [1.165, 1.54) is 0 Å². The number of hydrogen-bond acceptors (Lipinski definition) is 3. The molecule has 5 heteroatoms. The maximum absolute atomic E-state index is 12.4. The van der Waals surface area contributed by atoms with E-state index in [0.717, 1.165) is 21.6 Å². The number of carbonyl (C=O) groups excluding carboxylic acids is 2. The van der Waals surface area contributed by atoms with Gasteiger partial charge in [0.05, 0.1) is 0 Å². The van der Waals surface area contributed by atoms with Gasteiger partial charge < -0.3 is 0 Å². The van der Waals surface area contributed by atoms with Gasteiger partial charge in [0.1, 0.15) is 5.41 Å². The molecule has 1 atom stereocenters. The molecule has 2 amide bonds. The van der Waals surface area contributed by atoms with Gasteiger partial charge >= 0.3 is 0 Å². The molecule has 19 heavy (non-hydrogen) atoms. The van der Waals surface area contributed by atoms with Gasteiger partial charge in [-0.2, -0.15) is 0 Å². The van der Waals surface area contributed by atoms with Gasteiger partial charge in [0, 0.05) is 16.3 Å². The zero-order valence-electron chi connectivity index (χ0n) is 9.70. The molecule has 0 radical (unpaired) electrons. The monoisotopic (exact) mass is 289 g/mol. The Morgan fingerprint density at radius 3 is 2.79 bits per heavy atom. The van der Waals surface area contributed by atoms with Crippen molar-refractivity contribution in [3.8, 4) is 10.4 Å². The highest BCUT2D eigenvalue weighted by Crippen LogP contribution is 2.55. The van der Waals surface area contributed by atoms with Crippen molar-refractivity contribution in [1.82, 2.24) is 5.32 Å². The minimum atomic E-state index is -0.868. The van der Waals surface area contributed by atoms with E-state index < -0.39 is 5.41 Å². The number of benzene rings is 1. The van der Waals surface area contributed by atoms with Crippen LogP contribution in [-0.2, 0) is 15.0 Å². The number of nitrogens with one attached hydrogen (secondary N) is 1. The van der Waals surface area contributed by atoms with Gasteiger partial charge in [-0.05, 0) is 40.3 Å². The third-order valence-electron chi connectivity index (χ3n) is 3.88. The van der Waals surface area contributed by atoms with Crippen molar-refractivity contribution in [2.24, 2.45) is 0 Å². The molecule has 2 aromatic rings. The summed E-state index contributed by atoms with van der Waals surface area (Å²) in [4.78, 5) is 25.1. The smallest absolute Gasteiger partial charge is 0.242 e. The Kier molecular flexibility index (Phi) is 2.04.